The van der Waals surface area contributed by atoms with E-state index in [1.165, 1.54) is 23.3 Å². The Hall–Kier alpha value is -2.47. The highest BCUT2D eigenvalue weighted by Gasteiger charge is 2.20. The van der Waals surface area contributed by atoms with Gasteiger partial charge in [0.15, 0.2) is 5.82 Å². The van der Waals surface area contributed by atoms with Gasteiger partial charge < -0.3 is 4.74 Å². The van der Waals surface area contributed by atoms with E-state index >= 15 is 0 Å². The third-order valence-electron chi connectivity index (χ3n) is 4.44. The zero-order chi connectivity index (χ0) is 17.2. The fourth-order valence-electron chi connectivity index (χ4n) is 3.28. The number of hydrogen-bond acceptors (Lipinski definition) is 6. The quantitative estimate of drug-likeness (QED) is 0.561. The predicted octanol–water partition coefficient (Wildman–Crippen LogP) is 4.33. The van der Waals surface area contributed by atoms with Crippen molar-refractivity contribution in [3.63, 3.8) is 0 Å². The van der Waals surface area contributed by atoms with Crippen LogP contribution in [-0.4, -0.2) is 23.3 Å². The first-order valence-corrected chi connectivity index (χ1v) is 9.29. The van der Waals surface area contributed by atoms with Crippen molar-refractivity contribution in [3.8, 4) is 5.75 Å². The molecule has 0 aliphatic heterocycles. The van der Waals surface area contributed by atoms with Crippen LogP contribution in [0.2, 0.25) is 0 Å². The number of fused-ring (bicyclic) bond motifs is 3. The van der Waals surface area contributed by atoms with Crippen LogP contribution in [0.4, 0.5) is 5.82 Å². The minimum Gasteiger partial charge on any atom is -0.496 e. The van der Waals surface area contributed by atoms with E-state index in [1.54, 1.807) is 24.7 Å². The molecule has 0 amide bonds. The van der Waals surface area contributed by atoms with E-state index in [2.05, 4.69) is 20.5 Å². The fraction of sp³-hybridized carbons (Fsp3) is 0.316. The van der Waals surface area contributed by atoms with Crippen LogP contribution in [0, 0.1) is 6.92 Å². The molecule has 4 rings (SSSR count). The number of nitrogens with one attached hydrogen (secondary N) is 1. The Kier molecular flexibility index (Phi) is 4.36. The molecule has 2 aromatic heterocycles. The second-order valence-corrected chi connectivity index (χ2v) is 7.21. The first-order valence-electron chi connectivity index (χ1n) is 8.47. The summed E-state index contributed by atoms with van der Waals surface area (Å²) in [5, 5.41) is 5.54. The summed E-state index contributed by atoms with van der Waals surface area (Å²) in [5.41, 5.74) is 5.46. The number of hydrazone groups is 1. The van der Waals surface area contributed by atoms with Crippen LogP contribution >= 0.6 is 11.3 Å². The number of hydrogen-bond donors (Lipinski definition) is 1. The highest BCUT2D eigenvalue weighted by molar-refractivity contribution is 7.19. The van der Waals surface area contributed by atoms with Crippen LogP contribution in [-0.2, 0) is 12.8 Å². The van der Waals surface area contributed by atoms with E-state index in [4.69, 9.17) is 4.74 Å². The molecule has 1 aliphatic rings. The molecule has 0 fully saturated rings. The van der Waals surface area contributed by atoms with Crippen molar-refractivity contribution >= 4 is 33.6 Å². The highest BCUT2D eigenvalue weighted by Crippen LogP contribution is 2.38. The second-order valence-electron chi connectivity index (χ2n) is 6.12. The van der Waals surface area contributed by atoms with Gasteiger partial charge in [0.2, 0.25) is 0 Å². The van der Waals surface area contributed by atoms with Crippen molar-refractivity contribution in [2.45, 2.75) is 32.6 Å². The second kappa shape index (κ2) is 6.80. The summed E-state index contributed by atoms with van der Waals surface area (Å²) < 4.78 is 5.36. The Bertz CT molecular complexity index is 948. The molecule has 0 saturated carbocycles. The zero-order valence-corrected chi connectivity index (χ0v) is 15.2. The summed E-state index contributed by atoms with van der Waals surface area (Å²) in [7, 11) is 1.66. The van der Waals surface area contributed by atoms with Gasteiger partial charge in [0.25, 0.3) is 0 Å². The monoisotopic (exact) mass is 352 g/mol. The standard InChI is InChI=1S/C19H20N4OS/c1-12-21-18(23-20-11-13-7-3-5-9-15(13)24-2)17-14-8-4-6-10-16(14)25-19(17)22-12/h3,5,7,9,11H,4,6,8,10H2,1-2H3,(H,21,22,23). The number of aryl methyl sites for hydroxylation is 3. The van der Waals surface area contributed by atoms with Crippen molar-refractivity contribution in [2.24, 2.45) is 5.10 Å². The van der Waals surface area contributed by atoms with Gasteiger partial charge in [-0.2, -0.15) is 5.10 Å². The molecule has 0 saturated heterocycles. The molecule has 3 aromatic rings. The number of nitrogens with zero attached hydrogens (tertiary/aromatic N) is 3. The van der Waals surface area contributed by atoms with Crippen LogP contribution in [0.3, 0.4) is 0 Å². The Labute approximate surface area is 150 Å². The molecule has 1 N–H and O–H groups in total. The van der Waals surface area contributed by atoms with Crippen molar-refractivity contribution in [1.29, 1.82) is 0 Å². The average Bonchev–Trinajstić information content (AvgIpc) is 3.00. The maximum Gasteiger partial charge on any atom is 0.158 e. The molecule has 1 aliphatic carbocycles. The van der Waals surface area contributed by atoms with Gasteiger partial charge >= 0.3 is 0 Å². The van der Waals surface area contributed by atoms with E-state index in [9.17, 15) is 0 Å². The number of methoxy groups -OCH3 is 1. The summed E-state index contributed by atoms with van der Waals surface area (Å²) in [4.78, 5) is 11.7. The van der Waals surface area contributed by atoms with Crippen molar-refractivity contribution < 1.29 is 4.74 Å². The number of thiophene rings is 1. The molecule has 1 aromatic carbocycles. The van der Waals surface area contributed by atoms with Gasteiger partial charge in [0.1, 0.15) is 16.4 Å². The number of anilines is 1. The number of benzene rings is 1. The first-order chi connectivity index (χ1) is 12.3. The SMILES string of the molecule is COc1ccccc1C=NNc1nc(C)nc2sc3c(c12)CCCC3. The summed E-state index contributed by atoms with van der Waals surface area (Å²) in [6.45, 7) is 1.92. The molecule has 2 heterocycles. The zero-order valence-electron chi connectivity index (χ0n) is 14.4. The maximum atomic E-state index is 5.36. The Morgan fingerprint density at radius 1 is 1.20 bits per heavy atom. The van der Waals surface area contributed by atoms with Gasteiger partial charge in [-0.15, -0.1) is 11.3 Å². The molecular weight excluding hydrogens is 332 g/mol. The minimum atomic E-state index is 0.765. The molecule has 5 nitrogen and oxygen atoms in total. The van der Waals surface area contributed by atoms with E-state index in [1.807, 2.05) is 31.2 Å². The van der Waals surface area contributed by atoms with Crippen LogP contribution in [0.25, 0.3) is 10.2 Å². The fourth-order valence-corrected chi connectivity index (χ4v) is 4.59. The number of ether oxygens (including phenoxy) is 1. The third kappa shape index (κ3) is 3.09. The lowest BCUT2D eigenvalue weighted by molar-refractivity contribution is 0.414. The third-order valence-corrected chi connectivity index (χ3v) is 5.63. The number of rotatable bonds is 4. The Morgan fingerprint density at radius 3 is 2.92 bits per heavy atom. The lowest BCUT2D eigenvalue weighted by Crippen LogP contribution is -2.02. The van der Waals surface area contributed by atoms with Crippen LogP contribution in [0.5, 0.6) is 5.75 Å². The van der Waals surface area contributed by atoms with Gasteiger partial charge in [-0.05, 0) is 50.3 Å². The topological polar surface area (TPSA) is 59.4 Å². The molecular formula is C19H20N4OS. The number of para-hydroxylation sites is 1. The predicted molar refractivity (Wildman–Crippen MR) is 103 cm³/mol. The summed E-state index contributed by atoms with van der Waals surface area (Å²) in [6, 6.07) is 7.80. The molecule has 0 radical (unpaired) electrons. The van der Waals surface area contributed by atoms with Crippen molar-refractivity contribution in [3.05, 3.63) is 46.1 Å². The van der Waals surface area contributed by atoms with E-state index < -0.39 is 0 Å². The average molecular weight is 352 g/mol. The van der Waals surface area contributed by atoms with E-state index in [0.717, 1.165) is 46.0 Å². The normalized spacial score (nSPS) is 14.0. The number of aromatic nitrogens is 2. The van der Waals surface area contributed by atoms with Gasteiger partial charge in [-0.3, -0.25) is 5.43 Å². The Morgan fingerprint density at radius 2 is 2.04 bits per heavy atom. The van der Waals surface area contributed by atoms with Crippen LogP contribution in [0.1, 0.15) is 34.7 Å². The van der Waals surface area contributed by atoms with Gasteiger partial charge in [-0.25, -0.2) is 9.97 Å². The smallest absolute Gasteiger partial charge is 0.158 e. The van der Waals surface area contributed by atoms with E-state index in [0.29, 0.717) is 0 Å². The van der Waals surface area contributed by atoms with Crippen molar-refractivity contribution in [2.75, 3.05) is 12.5 Å². The van der Waals surface area contributed by atoms with Crippen LogP contribution in [0.15, 0.2) is 29.4 Å². The molecule has 0 spiro atoms. The highest BCUT2D eigenvalue weighted by atomic mass is 32.1. The van der Waals surface area contributed by atoms with Crippen LogP contribution < -0.4 is 10.2 Å². The van der Waals surface area contributed by atoms with E-state index in [-0.39, 0.29) is 0 Å². The molecule has 6 heteroatoms. The molecule has 128 valence electrons. The van der Waals surface area contributed by atoms with Gasteiger partial charge in [0.05, 0.1) is 18.7 Å². The molecule has 0 atom stereocenters. The summed E-state index contributed by atoms with van der Waals surface area (Å²) in [6.07, 6.45) is 6.52. The van der Waals surface area contributed by atoms with Crippen molar-refractivity contribution in [1.82, 2.24) is 9.97 Å². The van der Waals surface area contributed by atoms with Gasteiger partial charge in [-0.1, -0.05) is 12.1 Å². The Balaban J connectivity index is 1.69. The molecule has 0 unspecified atom stereocenters. The maximum absolute atomic E-state index is 5.36. The minimum absolute atomic E-state index is 0.765. The first kappa shape index (κ1) is 16.0. The summed E-state index contributed by atoms with van der Waals surface area (Å²) in [5.74, 6) is 2.36. The largest absolute Gasteiger partial charge is 0.496 e. The lowest BCUT2D eigenvalue weighted by atomic mass is 9.97. The molecule has 0 bridgehead atoms. The lowest BCUT2D eigenvalue weighted by Gasteiger charge is -2.11. The summed E-state index contributed by atoms with van der Waals surface area (Å²) >= 11 is 1.80. The van der Waals surface area contributed by atoms with Gasteiger partial charge in [0, 0.05) is 10.4 Å². The molecule has 25 heavy (non-hydrogen) atoms.